The molecule has 0 bridgehead atoms. The Kier molecular flexibility index (Phi) is 5.65. The molecule has 5 heteroatoms. The van der Waals surface area contributed by atoms with Gasteiger partial charge in [0.05, 0.1) is 12.2 Å². The first-order valence-electron chi connectivity index (χ1n) is 5.84. The first-order chi connectivity index (χ1) is 8.45. The summed E-state index contributed by atoms with van der Waals surface area (Å²) in [5, 5.41) is 13.3. The van der Waals surface area contributed by atoms with E-state index in [1.165, 1.54) is 0 Å². The molecule has 0 aromatic heterocycles. The van der Waals surface area contributed by atoms with Gasteiger partial charge in [-0.2, -0.15) is 0 Å². The van der Waals surface area contributed by atoms with Crippen molar-refractivity contribution >= 4 is 0 Å². The van der Waals surface area contributed by atoms with E-state index >= 15 is 0 Å². The summed E-state index contributed by atoms with van der Waals surface area (Å²) >= 11 is 0. The number of hydrogen-bond donors (Lipinski definition) is 2. The van der Waals surface area contributed by atoms with Crippen LogP contribution in [0.1, 0.15) is 18.9 Å². The molecule has 0 fully saturated rings. The predicted octanol–water partition coefficient (Wildman–Crippen LogP) is 1.80. The molecule has 3 nitrogen and oxygen atoms in total. The fraction of sp³-hybridized carbons (Fsp3) is 0.538. The average molecular weight is 259 g/mol. The van der Waals surface area contributed by atoms with E-state index in [1.807, 2.05) is 0 Å². The molecule has 0 amide bonds. The van der Waals surface area contributed by atoms with Crippen LogP contribution < -0.4 is 5.32 Å². The van der Waals surface area contributed by atoms with Crippen molar-refractivity contribution in [1.82, 2.24) is 5.32 Å². The molecule has 1 atom stereocenters. The first kappa shape index (κ1) is 15.0. The van der Waals surface area contributed by atoms with Crippen molar-refractivity contribution in [2.45, 2.75) is 18.9 Å². The lowest BCUT2D eigenvalue weighted by Gasteiger charge is -2.24. The standard InChI is InChI=1S/C13H19F2NO2/c1-13(17,3-4-16-5-6-18-2)10-7-11(14)9-12(15)8-10/h7-9,16-17H,3-6H2,1-2H3. The molecule has 102 valence electrons. The van der Waals surface area contributed by atoms with Gasteiger partial charge >= 0.3 is 0 Å². The monoisotopic (exact) mass is 259 g/mol. The quantitative estimate of drug-likeness (QED) is 0.734. The average Bonchev–Trinajstić information content (AvgIpc) is 2.27. The lowest BCUT2D eigenvalue weighted by atomic mass is 9.92. The van der Waals surface area contributed by atoms with Gasteiger partial charge in [-0.25, -0.2) is 8.78 Å². The van der Waals surface area contributed by atoms with E-state index in [9.17, 15) is 13.9 Å². The van der Waals surface area contributed by atoms with Crippen LogP contribution in [-0.4, -0.2) is 31.9 Å². The fourth-order valence-electron chi connectivity index (χ4n) is 1.64. The summed E-state index contributed by atoms with van der Waals surface area (Å²) in [4.78, 5) is 0. The second-order valence-electron chi connectivity index (χ2n) is 4.42. The van der Waals surface area contributed by atoms with Crippen molar-refractivity contribution < 1.29 is 18.6 Å². The molecule has 0 heterocycles. The van der Waals surface area contributed by atoms with Crippen molar-refractivity contribution in [3.8, 4) is 0 Å². The molecule has 0 spiro atoms. The van der Waals surface area contributed by atoms with Crippen molar-refractivity contribution in [2.24, 2.45) is 0 Å². The van der Waals surface area contributed by atoms with Crippen LogP contribution in [0.5, 0.6) is 0 Å². The minimum atomic E-state index is -1.26. The lowest BCUT2D eigenvalue weighted by Crippen LogP contribution is -2.29. The van der Waals surface area contributed by atoms with Crippen molar-refractivity contribution in [3.05, 3.63) is 35.4 Å². The Morgan fingerprint density at radius 3 is 2.39 bits per heavy atom. The number of ether oxygens (including phenoxy) is 1. The summed E-state index contributed by atoms with van der Waals surface area (Å²) in [6.45, 7) is 3.33. The molecule has 0 saturated heterocycles. The number of aliphatic hydroxyl groups is 1. The van der Waals surface area contributed by atoms with Gasteiger partial charge in [0.25, 0.3) is 0 Å². The molecule has 18 heavy (non-hydrogen) atoms. The molecule has 0 radical (unpaired) electrons. The largest absolute Gasteiger partial charge is 0.385 e. The maximum atomic E-state index is 13.1. The molecule has 1 unspecified atom stereocenters. The maximum Gasteiger partial charge on any atom is 0.126 e. The Bertz CT molecular complexity index is 363. The molecule has 0 aliphatic carbocycles. The lowest BCUT2D eigenvalue weighted by molar-refractivity contribution is 0.0468. The Hall–Kier alpha value is -1.04. The minimum Gasteiger partial charge on any atom is -0.385 e. The molecule has 1 aromatic carbocycles. The highest BCUT2D eigenvalue weighted by molar-refractivity contribution is 5.23. The van der Waals surface area contributed by atoms with Gasteiger partial charge in [0.1, 0.15) is 11.6 Å². The Labute approximate surface area is 106 Å². The zero-order valence-corrected chi connectivity index (χ0v) is 10.7. The van der Waals surface area contributed by atoms with E-state index in [2.05, 4.69) is 5.32 Å². The van der Waals surface area contributed by atoms with Crippen LogP contribution in [0.15, 0.2) is 18.2 Å². The van der Waals surface area contributed by atoms with Crippen LogP contribution in [0, 0.1) is 11.6 Å². The summed E-state index contributed by atoms with van der Waals surface area (Å²) in [7, 11) is 1.60. The highest BCUT2D eigenvalue weighted by Gasteiger charge is 2.23. The van der Waals surface area contributed by atoms with Crippen LogP contribution in [0.25, 0.3) is 0 Å². The van der Waals surface area contributed by atoms with E-state index in [4.69, 9.17) is 4.74 Å². The van der Waals surface area contributed by atoms with E-state index in [-0.39, 0.29) is 5.56 Å². The van der Waals surface area contributed by atoms with Crippen molar-refractivity contribution in [1.29, 1.82) is 0 Å². The zero-order chi connectivity index (χ0) is 13.6. The van der Waals surface area contributed by atoms with E-state index < -0.39 is 17.2 Å². The summed E-state index contributed by atoms with van der Waals surface area (Å²) < 4.78 is 31.0. The van der Waals surface area contributed by atoms with E-state index in [1.54, 1.807) is 14.0 Å². The van der Waals surface area contributed by atoms with Gasteiger partial charge < -0.3 is 15.2 Å². The second kappa shape index (κ2) is 6.78. The molecular weight excluding hydrogens is 240 g/mol. The number of halogens is 2. The number of benzene rings is 1. The molecule has 0 saturated carbocycles. The smallest absolute Gasteiger partial charge is 0.126 e. The third-order valence-corrected chi connectivity index (χ3v) is 2.76. The van der Waals surface area contributed by atoms with Crippen LogP contribution in [0.2, 0.25) is 0 Å². The van der Waals surface area contributed by atoms with Gasteiger partial charge in [-0.05, 0) is 37.6 Å². The van der Waals surface area contributed by atoms with Crippen LogP contribution in [0.3, 0.4) is 0 Å². The second-order valence-corrected chi connectivity index (χ2v) is 4.42. The third-order valence-electron chi connectivity index (χ3n) is 2.76. The third kappa shape index (κ3) is 4.68. The highest BCUT2D eigenvalue weighted by Crippen LogP contribution is 2.25. The fourth-order valence-corrected chi connectivity index (χ4v) is 1.64. The van der Waals surface area contributed by atoms with Gasteiger partial charge in [0.15, 0.2) is 0 Å². The zero-order valence-electron chi connectivity index (χ0n) is 10.7. The summed E-state index contributed by atoms with van der Waals surface area (Å²) in [6.07, 6.45) is 0.361. The van der Waals surface area contributed by atoms with E-state index in [0.29, 0.717) is 26.1 Å². The predicted molar refractivity (Wildman–Crippen MR) is 65.3 cm³/mol. The van der Waals surface area contributed by atoms with Gasteiger partial charge in [0, 0.05) is 19.7 Å². The molecule has 2 N–H and O–H groups in total. The number of methoxy groups -OCH3 is 1. The Balaban J connectivity index is 2.56. The number of nitrogens with one attached hydrogen (secondary N) is 1. The van der Waals surface area contributed by atoms with Gasteiger partial charge in [-0.3, -0.25) is 0 Å². The molecular formula is C13H19F2NO2. The van der Waals surface area contributed by atoms with Gasteiger partial charge in [0.2, 0.25) is 0 Å². The normalized spacial score (nSPS) is 14.5. The summed E-state index contributed by atoms with van der Waals surface area (Å²) in [5.41, 5.74) is -1.02. The van der Waals surface area contributed by atoms with Crippen molar-refractivity contribution in [3.63, 3.8) is 0 Å². The minimum absolute atomic E-state index is 0.244. The summed E-state index contributed by atoms with van der Waals surface area (Å²) in [6, 6.07) is 3.09. The van der Waals surface area contributed by atoms with Crippen LogP contribution >= 0.6 is 0 Å². The SMILES string of the molecule is COCCNCCC(C)(O)c1cc(F)cc(F)c1. The first-order valence-corrected chi connectivity index (χ1v) is 5.84. The van der Waals surface area contributed by atoms with E-state index in [0.717, 1.165) is 18.2 Å². The van der Waals surface area contributed by atoms with Crippen LogP contribution in [0.4, 0.5) is 8.78 Å². The Morgan fingerprint density at radius 1 is 1.22 bits per heavy atom. The van der Waals surface area contributed by atoms with Crippen molar-refractivity contribution in [2.75, 3.05) is 26.8 Å². The molecule has 1 rings (SSSR count). The van der Waals surface area contributed by atoms with Gasteiger partial charge in [-0.15, -0.1) is 0 Å². The van der Waals surface area contributed by atoms with Gasteiger partial charge in [-0.1, -0.05) is 0 Å². The Morgan fingerprint density at radius 2 is 1.83 bits per heavy atom. The maximum absolute atomic E-state index is 13.1. The molecule has 1 aromatic rings. The number of hydrogen-bond acceptors (Lipinski definition) is 3. The summed E-state index contributed by atoms with van der Waals surface area (Å²) in [5.74, 6) is -1.37. The molecule has 0 aliphatic heterocycles. The highest BCUT2D eigenvalue weighted by atomic mass is 19.1. The topological polar surface area (TPSA) is 41.5 Å². The molecule has 0 aliphatic rings. The van der Waals surface area contributed by atoms with Crippen LogP contribution in [-0.2, 0) is 10.3 Å². The number of rotatable bonds is 7.